The lowest BCUT2D eigenvalue weighted by Gasteiger charge is -2.13. The number of aliphatic carboxylic acids is 1. The Hall–Kier alpha value is -2.94. The van der Waals surface area contributed by atoms with E-state index in [0.717, 1.165) is 11.8 Å². The fourth-order valence-corrected chi connectivity index (χ4v) is 3.03. The Morgan fingerprint density at radius 3 is 2.69 bits per heavy atom. The van der Waals surface area contributed by atoms with E-state index in [0.29, 0.717) is 23.7 Å². The maximum Gasteiger partial charge on any atom is 0.281 e. The third-order valence-electron chi connectivity index (χ3n) is 3.65. The third-order valence-corrected chi connectivity index (χ3v) is 4.51. The van der Waals surface area contributed by atoms with Crippen molar-refractivity contribution in [2.45, 2.75) is 25.5 Å². The van der Waals surface area contributed by atoms with Crippen LogP contribution in [0.5, 0.6) is 0 Å². The van der Waals surface area contributed by atoms with Gasteiger partial charge in [0, 0.05) is 11.3 Å². The van der Waals surface area contributed by atoms with Crippen LogP contribution in [0.3, 0.4) is 0 Å². The molecule has 1 atom stereocenters. The molecule has 0 unspecified atom stereocenters. The number of carbonyl (C=O) groups excluding carboxylic acids is 2. The maximum atomic E-state index is 12.7. The summed E-state index contributed by atoms with van der Waals surface area (Å²) >= 11 is 0.754. The number of hydrogen-bond acceptors (Lipinski definition) is 8. The Labute approximate surface area is 153 Å². The molecule has 1 aromatic heterocycles. The zero-order valence-corrected chi connectivity index (χ0v) is 14.9. The average molecular weight is 371 g/mol. The van der Waals surface area contributed by atoms with Gasteiger partial charge in [-0.2, -0.15) is 10.1 Å². The molecule has 0 radical (unpaired) electrons. The number of carbonyl (C=O) groups is 2. The molecule has 1 aliphatic rings. The number of hydrogen-bond donors (Lipinski definition) is 0. The van der Waals surface area contributed by atoms with Crippen LogP contribution in [0.15, 0.2) is 56.1 Å². The minimum atomic E-state index is -1.43. The first-order valence-corrected chi connectivity index (χ1v) is 8.68. The van der Waals surface area contributed by atoms with Gasteiger partial charge in [0.15, 0.2) is 0 Å². The van der Waals surface area contributed by atoms with Gasteiger partial charge < -0.3 is 14.3 Å². The molecule has 134 valence electrons. The zero-order chi connectivity index (χ0) is 18.7. The number of benzene rings is 1. The first-order chi connectivity index (χ1) is 12.5. The van der Waals surface area contributed by atoms with E-state index in [9.17, 15) is 14.7 Å². The smallest absolute Gasteiger partial charge is 0.281 e. The number of para-hydroxylation sites is 1. The van der Waals surface area contributed by atoms with E-state index < -0.39 is 11.9 Å². The number of carboxylic acid groups (broad SMARTS) is 1. The van der Waals surface area contributed by atoms with Crippen LogP contribution in [-0.4, -0.2) is 27.8 Å². The van der Waals surface area contributed by atoms with Crippen molar-refractivity contribution in [3.63, 3.8) is 0 Å². The first-order valence-electron chi connectivity index (χ1n) is 7.87. The van der Waals surface area contributed by atoms with Crippen molar-refractivity contribution in [3.8, 4) is 0 Å². The van der Waals surface area contributed by atoms with Crippen LogP contribution in [0.25, 0.3) is 0 Å². The summed E-state index contributed by atoms with van der Waals surface area (Å²) in [6.45, 7) is 3.51. The van der Waals surface area contributed by atoms with Crippen molar-refractivity contribution >= 4 is 35.0 Å². The van der Waals surface area contributed by atoms with Gasteiger partial charge in [-0.15, -0.1) is 10.2 Å². The number of aryl methyl sites for hydroxylation is 1. The number of amides is 1. The van der Waals surface area contributed by atoms with Gasteiger partial charge in [0.25, 0.3) is 11.1 Å². The number of thioether (sulfide) groups is 1. The SMILES string of the molecule is CCc1nnc(S/C(=C\[C@H]2C(=O)N(c3ccccc3)N=C2C)C(=O)[O-])o1. The van der Waals surface area contributed by atoms with Crippen molar-refractivity contribution in [3.05, 3.63) is 47.2 Å². The number of hydrazone groups is 1. The van der Waals surface area contributed by atoms with Gasteiger partial charge in [-0.3, -0.25) is 4.79 Å². The van der Waals surface area contributed by atoms with Crippen molar-refractivity contribution < 1.29 is 19.1 Å². The van der Waals surface area contributed by atoms with Gasteiger partial charge in [0.1, 0.15) is 0 Å². The third kappa shape index (κ3) is 3.67. The summed E-state index contributed by atoms with van der Waals surface area (Å²) in [7, 11) is 0. The Morgan fingerprint density at radius 2 is 2.08 bits per heavy atom. The van der Waals surface area contributed by atoms with Gasteiger partial charge in [0.05, 0.1) is 23.3 Å². The van der Waals surface area contributed by atoms with Crippen molar-refractivity contribution in [1.29, 1.82) is 0 Å². The van der Waals surface area contributed by atoms with Crippen LogP contribution >= 0.6 is 11.8 Å². The molecule has 0 fully saturated rings. The molecular weight excluding hydrogens is 356 g/mol. The van der Waals surface area contributed by atoms with E-state index in [4.69, 9.17) is 4.42 Å². The molecule has 9 heteroatoms. The molecule has 26 heavy (non-hydrogen) atoms. The van der Waals surface area contributed by atoms with Crippen LogP contribution in [0.4, 0.5) is 5.69 Å². The van der Waals surface area contributed by atoms with Crippen molar-refractivity contribution in [2.75, 3.05) is 5.01 Å². The van der Waals surface area contributed by atoms with E-state index in [-0.39, 0.29) is 16.0 Å². The summed E-state index contributed by atoms with van der Waals surface area (Å²) < 4.78 is 5.31. The number of carboxylic acids is 1. The fraction of sp³-hybridized carbons (Fsp3) is 0.235. The first kappa shape index (κ1) is 17.9. The Bertz CT molecular complexity index is 891. The van der Waals surface area contributed by atoms with Gasteiger partial charge in [-0.05, 0) is 30.8 Å². The molecule has 3 rings (SSSR count). The minimum Gasteiger partial charge on any atom is -0.544 e. The summed E-state index contributed by atoms with van der Waals surface area (Å²) in [5, 5.41) is 24.6. The number of aromatic nitrogens is 2. The quantitative estimate of drug-likeness (QED) is 0.557. The molecule has 0 saturated heterocycles. The summed E-state index contributed by atoms with van der Waals surface area (Å²) in [6.07, 6.45) is 1.84. The number of nitrogens with zero attached hydrogens (tertiary/aromatic N) is 4. The predicted octanol–water partition coefficient (Wildman–Crippen LogP) is 1.40. The summed E-state index contributed by atoms with van der Waals surface area (Å²) in [5.74, 6) is -2.17. The van der Waals surface area contributed by atoms with Crippen LogP contribution in [0.2, 0.25) is 0 Å². The molecule has 0 saturated carbocycles. The lowest BCUT2D eigenvalue weighted by atomic mass is 10.0. The predicted molar refractivity (Wildman–Crippen MR) is 93.2 cm³/mol. The van der Waals surface area contributed by atoms with E-state index in [1.54, 1.807) is 31.2 Å². The maximum absolute atomic E-state index is 12.7. The largest absolute Gasteiger partial charge is 0.544 e. The molecule has 1 aromatic carbocycles. The van der Waals surface area contributed by atoms with Crippen LogP contribution in [-0.2, 0) is 16.0 Å². The van der Waals surface area contributed by atoms with Crippen LogP contribution in [0, 0.1) is 5.92 Å². The molecule has 0 spiro atoms. The van der Waals surface area contributed by atoms with Crippen LogP contribution in [0.1, 0.15) is 19.7 Å². The second-order valence-corrected chi connectivity index (χ2v) is 6.43. The Morgan fingerprint density at radius 1 is 1.35 bits per heavy atom. The lowest BCUT2D eigenvalue weighted by molar-refractivity contribution is -0.298. The van der Waals surface area contributed by atoms with Crippen LogP contribution < -0.4 is 10.1 Å². The topological polar surface area (TPSA) is 112 Å². The molecule has 2 aromatic rings. The van der Waals surface area contributed by atoms with Gasteiger partial charge in [0.2, 0.25) is 5.89 Å². The second-order valence-electron chi connectivity index (χ2n) is 5.44. The lowest BCUT2D eigenvalue weighted by Crippen LogP contribution is -2.28. The highest BCUT2D eigenvalue weighted by Crippen LogP contribution is 2.30. The van der Waals surface area contributed by atoms with Gasteiger partial charge in [-0.25, -0.2) is 0 Å². The van der Waals surface area contributed by atoms with Gasteiger partial charge >= 0.3 is 0 Å². The summed E-state index contributed by atoms with van der Waals surface area (Å²) in [4.78, 5) is 24.0. The number of anilines is 1. The summed E-state index contributed by atoms with van der Waals surface area (Å²) in [6, 6.07) is 8.91. The summed E-state index contributed by atoms with van der Waals surface area (Å²) in [5.41, 5.74) is 1.10. The Kier molecular flexibility index (Phi) is 5.17. The molecule has 0 N–H and O–H groups in total. The van der Waals surface area contributed by atoms with E-state index >= 15 is 0 Å². The highest BCUT2D eigenvalue weighted by atomic mass is 32.2. The highest BCUT2D eigenvalue weighted by molar-refractivity contribution is 8.03. The van der Waals surface area contributed by atoms with Gasteiger partial charge in [-0.1, -0.05) is 31.2 Å². The van der Waals surface area contributed by atoms with E-state index in [1.807, 2.05) is 13.0 Å². The molecule has 8 nitrogen and oxygen atoms in total. The van der Waals surface area contributed by atoms with E-state index in [1.165, 1.54) is 11.1 Å². The molecule has 1 amide bonds. The molecule has 0 bridgehead atoms. The fourth-order valence-electron chi connectivity index (χ4n) is 2.34. The van der Waals surface area contributed by atoms with E-state index in [2.05, 4.69) is 15.3 Å². The second kappa shape index (κ2) is 7.52. The highest BCUT2D eigenvalue weighted by Gasteiger charge is 2.33. The van der Waals surface area contributed by atoms with Crippen molar-refractivity contribution in [2.24, 2.45) is 11.0 Å². The molecule has 0 aliphatic carbocycles. The monoisotopic (exact) mass is 371 g/mol. The average Bonchev–Trinajstić information content (AvgIpc) is 3.20. The standard InChI is InChI=1S/C17H16N4O4S/c1-3-14-18-19-17(25-14)26-13(16(23)24)9-12-10(2)20-21(15(12)22)11-7-5-4-6-8-11/h4-9,12H,3H2,1-2H3,(H,23,24)/p-1/b13-9-/t12-/m1/s1. The van der Waals surface area contributed by atoms with Crippen molar-refractivity contribution in [1.82, 2.24) is 10.2 Å². The minimum absolute atomic E-state index is 0.0808. The number of rotatable bonds is 6. The Balaban J connectivity index is 1.85. The normalized spacial score (nSPS) is 17.5. The molecule has 2 heterocycles. The molecule has 1 aliphatic heterocycles. The zero-order valence-electron chi connectivity index (χ0n) is 14.1. The molecular formula is C17H15N4O4S-.